The molecule has 0 N–H and O–H groups in total. The summed E-state index contributed by atoms with van der Waals surface area (Å²) < 4.78 is 9.80. The summed E-state index contributed by atoms with van der Waals surface area (Å²) in [5, 5.41) is 0. The highest BCUT2D eigenvalue weighted by Crippen LogP contribution is 2.17. The molecule has 2 saturated heterocycles. The second-order valence-electron chi connectivity index (χ2n) is 3.95. The maximum atomic E-state index is 5.09. The maximum Gasteiger partial charge on any atom is 0.0810 e. The molecule has 78 valence electrons. The molecule has 2 aliphatic heterocycles. The molecule has 0 aromatic carbocycles. The normalized spacial score (nSPS) is 29.1. The second kappa shape index (κ2) is 6.39. The van der Waals surface area contributed by atoms with Crippen molar-refractivity contribution in [1.82, 2.24) is 0 Å². The van der Waals surface area contributed by atoms with E-state index in [0.29, 0.717) is 12.2 Å². The Morgan fingerprint density at radius 2 is 1.69 bits per heavy atom. The van der Waals surface area contributed by atoms with Crippen molar-refractivity contribution in [3.63, 3.8) is 0 Å². The van der Waals surface area contributed by atoms with Crippen LogP contribution in [0.5, 0.6) is 0 Å². The molecule has 2 aliphatic rings. The van der Waals surface area contributed by atoms with Crippen LogP contribution in [0, 0.1) is 0 Å². The lowest BCUT2D eigenvalue weighted by atomic mass is 10.1. The number of hydrogen-bond donors (Lipinski definition) is 0. The fourth-order valence-corrected chi connectivity index (χ4v) is 1.13. The van der Waals surface area contributed by atoms with Crippen LogP contribution in [0.4, 0.5) is 0 Å². The number of ether oxygens (including phenoxy) is 2. The maximum absolute atomic E-state index is 5.09. The predicted molar refractivity (Wildman–Crippen MR) is 53.9 cm³/mol. The zero-order valence-electron chi connectivity index (χ0n) is 8.92. The first-order valence-corrected chi connectivity index (χ1v) is 5.56. The highest BCUT2D eigenvalue weighted by molar-refractivity contribution is 4.67. The summed E-state index contributed by atoms with van der Waals surface area (Å²) >= 11 is 0. The van der Waals surface area contributed by atoms with Crippen molar-refractivity contribution in [3.8, 4) is 0 Å². The number of rotatable bonds is 5. The van der Waals surface area contributed by atoms with Crippen LogP contribution in [0.25, 0.3) is 0 Å². The Kier molecular flexibility index (Phi) is 5.40. The van der Waals surface area contributed by atoms with Crippen LogP contribution in [0.1, 0.15) is 46.0 Å². The van der Waals surface area contributed by atoms with Gasteiger partial charge in [-0.3, -0.25) is 0 Å². The minimum Gasteiger partial charge on any atom is -0.373 e. The summed E-state index contributed by atoms with van der Waals surface area (Å²) in [7, 11) is 0. The van der Waals surface area contributed by atoms with Gasteiger partial charge in [-0.05, 0) is 13.3 Å². The van der Waals surface area contributed by atoms with Crippen LogP contribution in [-0.2, 0) is 9.47 Å². The second-order valence-corrected chi connectivity index (χ2v) is 3.95. The topological polar surface area (TPSA) is 25.1 Å². The minimum atomic E-state index is 0.583. The quantitative estimate of drug-likeness (QED) is 0.487. The standard InChI is InChI=1S/C8H16O.C3H6O/c1-2-3-4-5-6-8-7-9-8;1-3-2-4-3/h8H,2-7H2,1H3;3H,2H2,1H3. The fraction of sp³-hybridized carbons (Fsp3) is 1.00. The van der Waals surface area contributed by atoms with E-state index in [9.17, 15) is 0 Å². The molecule has 0 saturated carbocycles. The molecule has 2 nitrogen and oxygen atoms in total. The lowest BCUT2D eigenvalue weighted by Crippen LogP contribution is -1.84. The first kappa shape index (κ1) is 11.0. The average Bonchev–Trinajstić information content (AvgIpc) is 2.96. The van der Waals surface area contributed by atoms with Crippen molar-refractivity contribution >= 4 is 0 Å². The van der Waals surface area contributed by atoms with Gasteiger partial charge in [-0.15, -0.1) is 0 Å². The van der Waals surface area contributed by atoms with Gasteiger partial charge in [-0.2, -0.15) is 0 Å². The van der Waals surface area contributed by atoms with Crippen molar-refractivity contribution in [2.24, 2.45) is 0 Å². The van der Waals surface area contributed by atoms with Crippen LogP contribution in [0.3, 0.4) is 0 Å². The van der Waals surface area contributed by atoms with Crippen LogP contribution in [-0.4, -0.2) is 25.4 Å². The van der Waals surface area contributed by atoms with Gasteiger partial charge in [-0.25, -0.2) is 0 Å². The van der Waals surface area contributed by atoms with E-state index in [0.717, 1.165) is 13.2 Å². The Balaban J connectivity index is 0.000000175. The molecular formula is C11H22O2. The number of hydrogen-bond acceptors (Lipinski definition) is 2. The number of epoxide rings is 2. The molecule has 2 rings (SSSR count). The Hall–Kier alpha value is -0.0800. The average molecular weight is 186 g/mol. The van der Waals surface area contributed by atoms with Gasteiger partial charge in [0.05, 0.1) is 25.4 Å². The van der Waals surface area contributed by atoms with E-state index in [4.69, 9.17) is 9.47 Å². The zero-order chi connectivity index (χ0) is 9.52. The van der Waals surface area contributed by atoms with Crippen molar-refractivity contribution in [1.29, 1.82) is 0 Å². The fourth-order valence-electron chi connectivity index (χ4n) is 1.13. The van der Waals surface area contributed by atoms with Crippen LogP contribution in [0.15, 0.2) is 0 Å². The molecule has 0 bridgehead atoms. The molecular weight excluding hydrogens is 164 g/mol. The largest absolute Gasteiger partial charge is 0.373 e. The van der Waals surface area contributed by atoms with Crippen molar-refractivity contribution in [2.75, 3.05) is 13.2 Å². The highest BCUT2D eigenvalue weighted by atomic mass is 16.6. The SMILES string of the molecule is CC1CO1.CCCCCCC1CO1. The Bertz CT molecular complexity index is 117. The van der Waals surface area contributed by atoms with E-state index in [2.05, 4.69) is 13.8 Å². The molecule has 0 spiro atoms. The summed E-state index contributed by atoms with van der Waals surface area (Å²) in [6.45, 7) is 6.32. The molecule has 0 aliphatic carbocycles. The van der Waals surface area contributed by atoms with Gasteiger partial charge in [0, 0.05) is 0 Å². The van der Waals surface area contributed by atoms with Crippen LogP contribution >= 0.6 is 0 Å². The van der Waals surface area contributed by atoms with Crippen molar-refractivity contribution < 1.29 is 9.47 Å². The Morgan fingerprint density at radius 3 is 2.08 bits per heavy atom. The van der Waals surface area contributed by atoms with Crippen LogP contribution in [0.2, 0.25) is 0 Å². The van der Waals surface area contributed by atoms with Crippen LogP contribution < -0.4 is 0 Å². The van der Waals surface area contributed by atoms with Gasteiger partial charge in [0.1, 0.15) is 0 Å². The van der Waals surface area contributed by atoms with E-state index < -0.39 is 0 Å². The van der Waals surface area contributed by atoms with Gasteiger partial charge in [0.25, 0.3) is 0 Å². The molecule has 0 aromatic rings. The lowest BCUT2D eigenvalue weighted by molar-refractivity contribution is 0.388. The van der Waals surface area contributed by atoms with Gasteiger partial charge >= 0.3 is 0 Å². The van der Waals surface area contributed by atoms with Gasteiger partial charge in [-0.1, -0.05) is 32.6 Å². The van der Waals surface area contributed by atoms with E-state index >= 15 is 0 Å². The third-order valence-electron chi connectivity index (χ3n) is 2.28. The predicted octanol–water partition coefficient (Wildman–Crippen LogP) is 2.76. The van der Waals surface area contributed by atoms with Gasteiger partial charge in [0.15, 0.2) is 0 Å². The van der Waals surface area contributed by atoms with E-state index in [1.807, 2.05) is 0 Å². The van der Waals surface area contributed by atoms with Crippen molar-refractivity contribution in [2.45, 2.75) is 58.2 Å². The van der Waals surface area contributed by atoms with Gasteiger partial charge in [0.2, 0.25) is 0 Å². The Labute approximate surface area is 81.6 Å². The van der Waals surface area contributed by atoms with Gasteiger partial charge < -0.3 is 9.47 Å². The lowest BCUT2D eigenvalue weighted by Gasteiger charge is -1.93. The molecule has 2 unspecified atom stereocenters. The summed E-state index contributed by atoms with van der Waals surface area (Å²) in [5.41, 5.74) is 0. The number of unbranched alkanes of at least 4 members (excludes halogenated alkanes) is 3. The zero-order valence-corrected chi connectivity index (χ0v) is 8.92. The van der Waals surface area contributed by atoms with E-state index in [-0.39, 0.29) is 0 Å². The monoisotopic (exact) mass is 186 g/mol. The summed E-state index contributed by atoms with van der Waals surface area (Å²) in [6, 6.07) is 0. The molecule has 2 fully saturated rings. The molecule has 2 atom stereocenters. The molecule has 0 aromatic heterocycles. The molecule has 13 heavy (non-hydrogen) atoms. The molecule has 2 heterocycles. The van der Waals surface area contributed by atoms with E-state index in [1.54, 1.807) is 0 Å². The first-order valence-electron chi connectivity index (χ1n) is 5.56. The molecule has 0 amide bonds. The molecule has 2 heteroatoms. The molecule has 0 radical (unpaired) electrons. The first-order chi connectivity index (χ1) is 6.33. The summed E-state index contributed by atoms with van der Waals surface area (Å²) in [4.78, 5) is 0. The summed E-state index contributed by atoms with van der Waals surface area (Å²) in [6.07, 6.45) is 8.05. The smallest absolute Gasteiger partial charge is 0.0810 e. The minimum absolute atomic E-state index is 0.583. The van der Waals surface area contributed by atoms with E-state index in [1.165, 1.54) is 32.1 Å². The van der Waals surface area contributed by atoms with Crippen molar-refractivity contribution in [3.05, 3.63) is 0 Å². The highest BCUT2D eigenvalue weighted by Gasteiger charge is 2.20. The third kappa shape index (κ3) is 8.26. The third-order valence-corrected chi connectivity index (χ3v) is 2.28. The Morgan fingerprint density at radius 1 is 1.08 bits per heavy atom. The summed E-state index contributed by atoms with van der Waals surface area (Å²) in [5.74, 6) is 0.